The second-order valence-corrected chi connectivity index (χ2v) is 5.13. The van der Waals surface area contributed by atoms with Crippen molar-refractivity contribution >= 4 is 17.6 Å². The number of nitrogens with one attached hydrogen (secondary N) is 1. The fraction of sp³-hybridized carbons (Fsp3) is 0.250. The number of nitrogens with two attached hydrogens (primary N) is 1. The molecule has 0 aliphatic heterocycles. The van der Waals surface area contributed by atoms with E-state index in [9.17, 15) is 9.59 Å². The number of methoxy groups -OCH3 is 1. The molecule has 1 aliphatic rings. The Balaban J connectivity index is 0.000000238. The van der Waals surface area contributed by atoms with Crippen LogP contribution < -0.4 is 16.0 Å². The number of hydrogen-bond donors (Lipinski definition) is 4. The summed E-state index contributed by atoms with van der Waals surface area (Å²) < 4.78 is 4.95. The molecule has 0 spiro atoms. The number of carboxylic acid groups (broad SMARTS) is 2. The fourth-order valence-corrected chi connectivity index (χ4v) is 1.87. The van der Waals surface area contributed by atoms with Crippen LogP contribution in [-0.2, 0) is 9.59 Å². The van der Waals surface area contributed by atoms with Crippen LogP contribution in [0.1, 0.15) is 13.3 Å². The van der Waals surface area contributed by atoms with Gasteiger partial charge in [-0.25, -0.2) is 4.79 Å². The van der Waals surface area contributed by atoms with Crippen LogP contribution in [0, 0.1) is 5.41 Å². The molecular formula is C16H20N2O5. The number of allylic oxidation sites excluding steroid dienone is 2. The molecule has 1 aromatic carbocycles. The van der Waals surface area contributed by atoms with Crippen molar-refractivity contribution in [2.24, 2.45) is 11.3 Å². The van der Waals surface area contributed by atoms with E-state index in [4.69, 9.17) is 20.8 Å². The molecule has 5 N–H and O–H groups in total. The van der Waals surface area contributed by atoms with Crippen molar-refractivity contribution in [3.8, 4) is 5.75 Å². The lowest BCUT2D eigenvalue weighted by Gasteiger charge is -2.23. The smallest absolute Gasteiger partial charge is 0.331 e. The molecule has 0 radical (unpaired) electrons. The molecule has 1 atom stereocenters. The van der Waals surface area contributed by atoms with Crippen molar-refractivity contribution < 1.29 is 24.5 Å². The first-order valence-corrected chi connectivity index (χ1v) is 6.78. The summed E-state index contributed by atoms with van der Waals surface area (Å²) in [5, 5.41) is 17.5. The normalized spacial score (nSPS) is 19.0. The quantitative estimate of drug-likeness (QED) is 0.494. The third kappa shape index (κ3) is 5.15. The highest BCUT2D eigenvalue weighted by Gasteiger charge is 2.34. The molecule has 23 heavy (non-hydrogen) atoms. The molecule has 1 aromatic rings. The largest absolute Gasteiger partial charge is 0.497 e. The van der Waals surface area contributed by atoms with Gasteiger partial charge in [0.1, 0.15) is 5.75 Å². The molecular weight excluding hydrogens is 300 g/mol. The Morgan fingerprint density at radius 2 is 1.87 bits per heavy atom. The first kappa shape index (κ1) is 18.2. The molecule has 0 amide bonds. The van der Waals surface area contributed by atoms with Gasteiger partial charge in [-0.2, -0.15) is 0 Å². The van der Waals surface area contributed by atoms with E-state index in [-0.39, 0.29) is 12.0 Å². The Hall–Kier alpha value is -2.80. The molecule has 2 rings (SSSR count). The highest BCUT2D eigenvalue weighted by Crippen LogP contribution is 2.31. The zero-order valence-corrected chi connectivity index (χ0v) is 12.9. The molecule has 1 unspecified atom stereocenters. The van der Waals surface area contributed by atoms with Crippen LogP contribution in [-0.4, -0.2) is 29.3 Å². The van der Waals surface area contributed by atoms with Crippen molar-refractivity contribution in [1.82, 2.24) is 0 Å². The van der Waals surface area contributed by atoms with Crippen LogP contribution in [0.5, 0.6) is 5.75 Å². The Bertz CT molecular complexity index is 599. The summed E-state index contributed by atoms with van der Waals surface area (Å²) >= 11 is 0. The van der Waals surface area contributed by atoms with E-state index < -0.39 is 17.4 Å². The van der Waals surface area contributed by atoms with Gasteiger partial charge in [0.25, 0.3) is 0 Å². The van der Waals surface area contributed by atoms with Crippen molar-refractivity contribution in [3.05, 3.63) is 48.1 Å². The Labute approximate surface area is 134 Å². The number of ether oxygens (including phenoxy) is 1. The Kier molecular flexibility index (Phi) is 6.35. The lowest BCUT2D eigenvalue weighted by molar-refractivity contribution is -0.145. The van der Waals surface area contributed by atoms with Crippen molar-refractivity contribution in [3.63, 3.8) is 0 Å². The highest BCUT2D eigenvalue weighted by atomic mass is 16.5. The number of nitrogen functional groups attached to an aromatic ring is 1. The molecule has 0 heterocycles. The van der Waals surface area contributed by atoms with Gasteiger partial charge >= 0.3 is 11.9 Å². The van der Waals surface area contributed by atoms with Crippen LogP contribution in [0.15, 0.2) is 48.1 Å². The summed E-state index contributed by atoms with van der Waals surface area (Å²) in [5.74, 6) is 3.92. The van der Waals surface area contributed by atoms with E-state index >= 15 is 0 Å². The monoisotopic (exact) mass is 320 g/mol. The van der Waals surface area contributed by atoms with Gasteiger partial charge < -0.3 is 20.4 Å². The maximum atomic E-state index is 10.8. The van der Waals surface area contributed by atoms with Crippen molar-refractivity contribution in [2.45, 2.75) is 13.3 Å². The maximum Gasteiger partial charge on any atom is 0.331 e. The van der Waals surface area contributed by atoms with Crippen LogP contribution in [0.4, 0.5) is 5.69 Å². The van der Waals surface area contributed by atoms with Gasteiger partial charge in [-0.15, -0.1) is 0 Å². The zero-order valence-electron chi connectivity index (χ0n) is 12.9. The average molecular weight is 320 g/mol. The van der Waals surface area contributed by atoms with Crippen LogP contribution in [0.3, 0.4) is 0 Å². The lowest BCUT2D eigenvalue weighted by atomic mass is 9.80. The predicted molar refractivity (Wildman–Crippen MR) is 86.0 cm³/mol. The lowest BCUT2D eigenvalue weighted by Crippen LogP contribution is -2.28. The molecule has 124 valence electrons. The molecule has 7 heteroatoms. The van der Waals surface area contributed by atoms with Crippen LogP contribution in [0.25, 0.3) is 0 Å². The second-order valence-electron chi connectivity index (χ2n) is 5.13. The molecule has 0 fully saturated rings. The third-order valence-corrected chi connectivity index (χ3v) is 3.34. The highest BCUT2D eigenvalue weighted by molar-refractivity contribution is 5.90. The van der Waals surface area contributed by atoms with Gasteiger partial charge in [0.05, 0.1) is 12.5 Å². The molecule has 0 bridgehead atoms. The minimum atomic E-state index is -1.08. The van der Waals surface area contributed by atoms with Gasteiger partial charge in [0.2, 0.25) is 0 Å². The SMILES string of the molecule is CC1(C(=O)O)C=CC=C(C(=O)O)C1.COc1ccc(NN)cc1. The summed E-state index contributed by atoms with van der Waals surface area (Å²) in [5.41, 5.74) is 2.45. The number of hydrogen-bond acceptors (Lipinski definition) is 5. The summed E-state index contributed by atoms with van der Waals surface area (Å²) in [4.78, 5) is 21.3. The number of rotatable bonds is 4. The summed E-state index contributed by atoms with van der Waals surface area (Å²) in [6, 6.07) is 7.38. The number of aliphatic carboxylic acids is 2. The zero-order chi connectivity index (χ0) is 17.5. The molecule has 0 aromatic heterocycles. The van der Waals surface area contributed by atoms with Gasteiger partial charge in [0.15, 0.2) is 0 Å². The standard InChI is InChI=1S/C9H10O4.C7H10N2O/c1-9(8(12)13)4-2-3-6(5-9)7(10)11;1-10-7-4-2-6(9-8)3-5-7/h2-4H,5H2,1H3,(H,10,11)(H,12,13);2-5,9H,8H2,1H3. The van der Waals surface area contributed by atoms with E-state index in [1.807, 2.05) is 24.3 Å². The van der Waals surface area contributed by atoms with Gasteiger partial charge in [-0.05, 0) is 37.6 Å². The number of carboxylic acids is 2. The van der Waals surface area contributed by atoms with Crippen molar-refractivity contribution in [1.29, 1.82) is 0 Å². The molecule has 1 aliphatic carbocycles. The number of benzene rings is 1. The summed E-state index contributed by atoms with van der Waals surface area (Å²) in [7, 11) is 1.63. The number of hydrazine groups is 1. The van der Waals surface area contributed by atoms with E-state index in [1.54, 1.807) is 7.11 Å². The molecule has 0 saturated carbocycles. The Morgan fingerprint density at radius 3 is 2.30 bits per heavy atom. The Morgan fingerprint density at radius 1 is 1.26 bits per heavy atom. The first-order valence-electron chi connectivity index (χ1n) is 6.78. The van der Waals surface area contributed by atoms with Gasteiger partial charge in [0, 0.05) is 11.3 Å². The number of carbonyl (C=O) groups is 2. The fourth-order valence-electron chi connectivity index (χ4n) is 1.87. The maximum absolute atomic E-state index is 10.8. The molecule has 7 nitrogen and oxygen atoms in total. The summed E-state index contributed by atoms with van der Waals surface area (Å²) in [6.07, 6.45) is 4.43. The van der Waals surface area contributed by atoms with E-state index in [0.29, 0.717) is 0 Å². The average Bonchev–Trinajstić information content (AvgIpc) is 2.55. The minimum Gasteiger partial charge on any atom is -0.497 e. The van der Waals surface area contributed by atoms with Gasteiger partial charge in [-0.1, -0.05) is 18.2 Å². The van der Waals surface area contributed by atoms with E-state index in [2.05, 4.69) is 5.43 Å². The summed E-state index contributed by atoms with van der Waals surface area (Å²) in [6.45, 7) is 1.50. The topological polar surface area (TPSA) is 122 Å². The first-order chi connectivity index (χ1) is 10.8. The number of anilines is 1. The van der Waals surface area contributed by atoms with Crippen molar-refractivity contribution in [2.75, 3.05) is 12.5 Å². The predicted octanol–water partition coefficient (Wildman–Crippen LogP) is 2.03. The van der Waals surface area contributed by atoms with Gasteiger partial charge in [-0.3, -0.25) is 10.6 Å². The molecule has 0 saturated heterocycles. The third-order valence-electron chi connectivity index (χ3n) is 3.34. The second kappa shape index (κ2) is 8.00. The van der Waals surface area contributed by atoms with E-state index in [0.717, 1.165) is 11.4 Å². The van der Waals surface area contributed by atoms with E-state index in [1.165, 1.54) is 25.2 Å². The van der Waals surface area contributed by atoms with Crippen LogP contribution in [0.2, 0.25) is 0 Å². The minimum absolute atomic E-state index is 0.0359. The van der Waals surface area contributed by atoms with Crippen LogP contribution >= 0.6 is 0 Å².